The van der Waals surface area contributed by atoms with Crippen LogP contribution >= 0.6 is 0 Å². The molecular formula is C8H12N6O2. The minimum Gasteiger partial charge on any atom is -0.390 e. The molecule has 8 heteroatoms. The third-order valence-electron chi connectivity index (χ3n) is 1.96. The lowest BCUT2D eigenvalue weighted by Crippen LogP contribution is -2.20. The molecule has 86 valence electrons. The predicted octanol–water partition coefficient (Wildman–Crippen LogP) is 0.154. The smallest absolute Gasteiger partial charge is 0.146 e. The lowest BCUT2D eigenvalue weighted by Gasteiger charge is -2.15. The van der Waals surface area contributed by atoms with E-state index in [0.29, 0.717) is 0 Å². The highest BCUT2D eigenvalue weighted by Crippen LogP contribution is 2.16. The number of nitrogen functional groups attached to an aromatic ring is 1. The monoisotopic (exact) mass is 224 g/mol. The minimum absolute atomic E-state index is 0.108. The van der Waals surface area contributed by atoms with Crippen molar-refractivity contribution in [1.29, 1.82) is 0 Å². The van der Waals surface area contributed by atoms with Gasteiger partial charge in [0, 0.05) is 11.5 Å². The number of hydrogen-bond acceptors (Lipinski definition) is 6. The Balaban J connectivity index is 2.58. The van der Waals surface area contributed by atoms with E-state index in [1.54, 1.807) is 0 Å². The number of hydrogen-bond donors (Lipinski definition) is 3. The van der Waals surface area contributed by atoms with Crippen molar-refractivity contribution in [3.05, 3.63) is 28.3 Å². The van der Waals surface area contributed by atoms with Gasteiger partial charge in [-0.1, -0.05) is 5.11 Å². The fraction of sp³-hybridized carbons (Fsp3) is 0.500. The van der Waals surface area contributed by atoms with Gasteiger partial charge in [0.25, 0.3) is 0 Å². The summed E-state index contributed by atoms with van der Waals surface area (Å²) in [5.41, 5.74) is 13.6. The normalized spacial score (nSPS) is 13.9. The molecule has 0 spiro atoms. The third-order valence-corrected chi connectivity index (χ3v) is 1.96. The van der Waals surface area contributed by atoms with Gasteiger partial charge in [-0.3, -0.25) is 0 Å². The van der Waals surface area contributed by atoms with Gasteiger partial charge in [0.05, 0.1) is 11.8 Å². The summed E-state index contributed by atoms with van der Waals surface area (Å²) in [7, 11) is 0. The zero-order valence-corrected chi connectivity index (χ0v) is 8.43. The average molecular weight is 224 g/mol. The molecule has 0 fully saturated rings. The summed E-state index contributed by atoms with van der Waals surface area (Å²) in [6, 6.07) is 2.95. The van der Waals surface area contributed by atoms with E-state index < -0.39 is 12.2 Å². The molecule has 0 aliphatic heterocycles. The van der Waals surface area contributed by atoms with Crippen molar-refractivity contribution >= 4 is 5.82 Å². The number of nitrogens with zero attached hydrogens (tertiary/aromatic N) is 5. The van der Waals surface area contributed by atoms with Gasteiger partial charge in [0.2, 0.25) is 0 Å². The minimum atomic E-state index is -1.16. The van der Waals surface area contributed by atoms with Gasteiger partial charge in [-0.05, 0) is 24.1 Å². The summed E-state index contributed by atoms with van der Waals surface area (Å²) in [5, 5.41) is 29.6. The van der Waals surface area contributed by atoms with Gasteiger partial charge >= 0.3 is 0 Å². The van der Waals surface area contributed by atoms with E-state index in [9.17, 15) is 10.2 Å². The molecule has 0 amide bonds. The zero-order valence-electron chi connectivity index (χ0n) is 8.43. The van der Waals surface area contributed by atoms with Gasteiger partial charge in [-0.15, -0.1) is 5.10 Å². The van der Waals surface area contributed by atoms with E-state index in [2.05, 4.69) is 20.2 Å². The van der Waals surface area contributed by atoms with Gasteiger partial charge in [-0.25, -0.2) is 0 Å². The molecule has 4 N–H and O–H groups in total. The second kappa shape index (κ2) is 5.86. The molecule has 0 bridgehead atoms. The molecule has 1 rings (SSSR count). The highest BCUT2D eigenvalue weighted by molar-refractivity contribution is 5.26. The number of rotatable bonds is 5. The van der Waals surface area contributed by atoms with E-state index in [1.807, 2.05) is 0 Å². The summed E-state index contributed by atoms with van der Waals surface area (Å²) < 4.78 is 0. The fourth-order valence-corrected chi connectivity index (χ4v) is 1.10. The van der Waals surface area contributed by atoms with Crippen LogP contribution in [0.5, 0.6) is 0 Å². The second-order valence-corrected chi connectivity index (χ2v) is 3.14. The molecule has 2 unspecified atom stereocenters. The van der Waals surface area contributed by atoms with Gasteiger partial charge in [-0.2, -0.15) is 5.10 Å². The van der Waals surface area contributed by atoms with Crippen molar-refractivity contribution in [2.75, 3.05) is 12.3 Å². The maximum Gasteiger partial charge on any atom is 0.146 e. The standard InChI is InChI=1S/C8H12N6O2/c9-7-2-1-5(12-13-7)8(16)6(15)3-4-11-14-10/h1-2,6,8,15-16H,3-4H2,(H2,9,13). The van der Waals surface area contributed by atoms with Crippen LogP contribution in [0.2, 0.25) is 0 Å². The van der Waals surface area contributed by atoms with Crippen LogP contribution < -0.4 is 5.73 Å². The molecule has 0 aromatic carbocycles. The highest BCUT2D eigenvalue weighted by atomic mass is 16.3. The quantitative estimate of drug-likeness (QED) is 0.371. The molecule has 0 aliphatic rings. The Bertz CT molecular complexity index is 375. The van der Waals surface area contributed by atoms with Crippen LogP contribution in [0.4, 0.5) is 5.82 Å². The number of aliphatic hydroxyl groups is 2. The van der Waals surface area contributed by atoms with E-state index in [0.717, 1.165) is 0 Å². The van der Waals surface area contributed by atoms with Crippen LogP contribution in [0.1, 0.15) is 18.2 Å². The van der Waals surface area contributed by atoms with Crippen molar-refractivity contribution in [2.24, 2.45) is 5.11 Å². The number of azide groups is 1. The summed E-state index contributed by atoms with van der Waals surface area (Å²) in [6.07, 6.45) is -2.07. The molecule has 1 aromatic heterocycles. The Morgan fingerprint density at radius 2 is 2.19 bits per heavy atom. The largest absolute Gasteiger partial charge is 0.390 e. The Hall–Kier alpha value is -1.89. The molecule has 0 radical (unpaired) electrons. The Morgan fingerprint density at radius 3 is 2.75 bits per heavy atom. The topological polar surface area (TPSA) is 141 Å². The zero-order chi connectivity index (χ0) is 12.0. The second-order valence-electron chi connectivity index (χ2n) is 3.14. The predicted molar refractivity (Wildman–Crippen MR) is 56.0 cm³/mol. The Labute approximate surface area is 91.4 Å². The molecule has 0 aliphatic carbocycles. The highest BCUT2D eigenvalue weighted by Gasteiger charge is 2.19. The molecule has 16 heavy (non-hydrogen) atoms. The van der Waals surface area contributed by atoms with E-state index >= 15 is 0 Å². The molecule has 0 saturated carbocycles. The lowest BCUT2D eigenvalue weighted by molar-refractivity contribution is 0.0120. The lowest BCUT2D eigenvalue weighted by atomic mass is 10.1. The number of aromatic nitrogens is 2. The molecule has 8 nitrogen and oxygen atoms in total. The van der Waals surface area contributed by atoms with Crippen LogP contribution in [0.15, 0.2) is 17.2 Å². The Morgan fingerprint density at radius 1 is 1.44 bits per heavy atom. The number of nitrogens with two attached hydrogens (primary N) is 1. The summed E-state index contributed by atoms with van der Waals surface area (Å²) >= 11 is 0. The van der Waals surface area contributed by atoms with E-state index in [1.165, 1.54) is 12.1 Å². The van der Waals surface area contributed by atoms with Crippen molar-refractivity contribution in [1.82, 2.24) is 10.2 Å². The van der Waals surface area contributed by atoms with Crippen molar-refractivity contribution in [2.45, 2.75) is 18.6 Å². The first-order valence-corrected chi connectivity index (χ1v) is 4.61. The van der Waals surface area contributed by atoms with Crippen LogP contribution in [0.3, 0.4) is 0 Å². The number of aliphatic hydroxyl groups excluding tert-OH is 2. The summed E-state index contributed by atoms with van der Waals surface area (Å²) in [6.45, 7) is 0.108. The van der Waals surface area contributed by atoms with Crippen LogP contribution in [-0.2, 0) is 0 Å². The van der Waals surface area contributed by atoms with Gasteiger partial charge in [0.1, 0.15) is 11.9 Å². The fourth-order valence-electron chi connectivity index (χ4n) is 1.10. The SMILES string of the molecule is [N-]=[N+]=NCCC(O)C(O)c1ccc(N)nn1. The van der Waals surface area contributed by atoms with Crippen molar-refractivity contribution < 1.29 is 10.2 Å². The molecule has 0 saturated heterocycles. The molecule has 2 atom stereocenters. The molecule has 1 heterocycles. The Kier molecular flexibility index (Phi) is 4.46. The van der Waals surface area contributed by atoms with Crippen molar-refractivity contribution in [3.63, 3.8) is 0 Å². The van der Waals surface area contributed by atoms with Crippen molar-refractivity contribution in [3.8, 4) is 0 Å². The van der Waals surface area contributed by atoms with E-state index in [4.69, 9.17) is 11.3 Å². The number of anilines is 1. The molecule has 1 aromatic rings. The maximum absolute atomic E-state index is 9.65. The maximum atomic E-state index is 9.65. The van der Waals surface area contributed by atoms with Gasteiger partial charge in [0.15, 0.2) is 0 Å². The van der Waals surface area contributed by atoms with E-state index in [-0.39, 0.29) is 24.5 Å². The van der Waals surface area contributed by atoms with Crippen LogP contribution in [-0.4, -0.2) is 33.1 Å². The first-order chi connectivity index (χ1) is 7.65. The average Bonchev–Trinajstić information content (AvgIpc) is 2.29. The summed E-state index contributed by atoms with van der Waals surface area (Å²) in [4.78, 5) is 2.54. The first-order valence-electron chi connectivity index (χ1n) is 4.61. The molecular weight excluding hydrogens is 212 g/mol. The first kappa shape index (κ1) is 12.2. The third kappa shape index (κ3) is 3.35. The summed E-state index contributed by atoms with van der Waals surface area (Å²) in [5.74, 6) is 0.236. The van der Waals surface area contributed by atoms with Crippen LogP contribution in [0.25, 0.3) is 10.4 Å². The van der Waals surface area contributed by atoms with Gasteiger partial charge < -0.3 is 15.9 Å². The van der Waals surface area contributed by atoms with Crippen LogP contribution in [0, 0.1) is 0 Å².